The molecule has 0 amide bonds. The molecule has 0 unspecified atom stereocenters. The van der Waals surface area contributed by atoms with Crippen molar-refractivity contribution in [1.29, 1.82) is 0 Å². The first-order chi connectivity index (χ1) is 9.09. The monoisotopic (exact) mass is 267 g/mol. The van der Waals surface area contributed by atoms with Crippen LogP contribution in [-0.2, 0) is 0 Å². The zero-order valence-electron chi connectivity index (χ0n) is 13.2. The smallest absolute Gasteiger partial charge is 0.0345 e. The molecule has 2 fully saturated rings. The molecule has 1 N–H and O–H groups in total. The molecule has 2 rings (SSSR count). The van der Waals surface area contributed by atoms with E-state index in [0.717, 1.165) is 6.54 Å². The van der Waals surface area contributed by atoms with E-state index in [1.54, 1.807) is 0 Å². The third-order valence-electron chi connectivity index (χ3n) is 5.22. The van der Waals surface area contributed by atoms with Crippen LogP contribution in [0.1, 0.15) is 45.4 Å². The molecule has 0 aromatic rings. The van der Waals surface area contributed by atoms with E-state index in [4.69, 9.17) is 0 Å². The molecule has 1 heterocycles. The van der Waals surface area contributed by atoms with Crippen LogP contribution >= 0.6 is 0 Å². The van der Waals surface area contributed by atoms with Crippen molar-refractivity contribution in [2.45, 2.75) is 51.5 Å². The molecule has 1 aliphatic carbocycles. The average Bonchev–Trinajstić information content (AvgIpc) is 2.59. The summed E-state index contributed by atoms with van der Waals surface area (Å²) < 4.78 is 0. The normalized spacial score (nSPS) is 30.2. The van der Waals surface area contributed by atoms with Crippen molar-refractivity contribution in [1.82, 2.24) is 15.1 Å². The summed E-state index contributed by atoms with van der Waals surface area (Å²) in [5.74, 6) is 0. The fourth-order valence-corrected chi connectivity index (χ4v) is 3.62. The fourth-order valence-electron chi connectivity index (χ4n) is 3.62. The third kappa shape index (κ3) is 4.73. The predicted octanol–water partition coefficient (Wildman–Crippen LogP) is 2.18. The highest BCUT2D eigenvalue weighted by Gasteiger charge is 2.26. The Balaban J connectivity index is 1.72. The summed E-state index contributed by atoms with van der Waals surface area (Å²) in [5.41, 5.74) is 0.551. The first kappa shape index (κ1) is 15.3. The van der Waals surface area contributed by atoms with Crippen LogP contribution in [-0.4, -0.2) is 62.7 Å². The van der Waals surface area contributed by atoms with Gasteiger partial charge in [-0.1, -0.05) is 32.6 Å². The quantitative estimate of drug-likeness (QED) is 0.788. The molecule has 0 bridgehead atoms. The maximum Gasteiger partial charge on any atom is 0.0345 e. The first-order valence-electron chi connectivity index (χ1n) is 8.19. The van der Waals surface area contributed by atoms with E-state index < -0.39 is 0 Å². The molecule has 1 saturated heterocycles. The Morgan fingerprint density at radius 2 is 1.74 bits per heavy atom. The van der Waals surface area contributed by atoms with Crippen LogP contribution in [0.4, 0.5) is 0 Å². The lowest BCUT2D eigenvalue weighted by Gasteiger charge is -2.38. The molecule has 1 aliphatic heterocycles. The van der Waals surface area contributed by atoms with Crippen molar-refractivity contribution in [3.8, 4) is 0 Å². The van der Waals surface area contributed by atoms with E-state index in [0.29, 0.717) is 11.5 Å². The Hall–Kier alpha value is -0.120. The highest BCUT2D eigenvalue weighted by Crippen LogP contribution is 2.33. The second-order valence-electron chi connectivity index (χ2n) is 7.25. The number of hydrogen-bond acceptors (Lipinski definition) is 3. The van der Waals surface area contributed by atoms with E-state index in [1.165, 1.54) is 64.7 Å². The maximum absolute atomic E-state index is 3.78. The minimum Gasteiger partial charge on any atom is -0.315 e. The van der Waals surface area contributed by atoms with Gasteiger partial charge >= 0.3 is 0 Å². The number of piperazine rings is 1. The van der Waals surface area contributed by atoms with Crippen LogP contribution in [0.2, 0.25) is 0 Å². The second kappa shape index (κ2) is 7.05. The molecule has 0 radical (unpaired) electrons. The van der Waals surface area contributed by atoms with Gasteiger partial charge in [-0.3, -0.25) is 4.90 Å². The van der Waals surface area contributed by atoms with Crippen molar-refractivity contribution >= 4 is 0 Å². The van der Waals surface area contributed by atoms with Crippen LogP contribution < -0.4 is 5.32 Å². The third-order valence-corrected chi connectivity index (χ3v) is 5.22. The van der Waals surface area contributed by atoms with Crippen LogP contribution in [0, 0.1) is 5.41 Å². The molecule has 3 nitrogen and oxygen atoms in total. The minimum atomic E-state index is 0.551. The zero-order chi connectivity index (χ0) is 13.7. The predicted molar refractivity (Wildman–Crippen MR) is 82.6 cm³/mol. The Bertz CT molecular complexity index is 259. The second-order valence-corrected chi connectivity index (χ2v) is 7.25. The summed E-state index contributed by atoms with van der Waals surface area (Å²) in [5, 5.41) is 3.78. The summed E-state index contributed by atoms with van der Waals surface area (Å²) in [6.07, 6.45) is 8.60. The van der Waals surface area contributed by atoms with Crippen LogP contribution in [0.25, 0.3) is 0 Å². The van der Waals surface area contributed by atoms with Gasteiger partial charge in [-0.2, -0.15) is 0 Å². The number of nitrogens with zero attached hydrogens (tertiary/aromatic N) is 2. The summed E-state index contributed by atoms with van der Waals surface area (Å²) in [4.78, 5) is 4.97. The fraction of sp³-hybridized carbons (Fsp3) is 1.00. The lowest BCUT2D eigenvalue weighted by atomic mass is 9.82. The molecule has 1 saturated carbocycles. The van der Waals surface area contributed by atoms with E-state index in [1.807, 2.05) is 0 Å². The Morgan fingerprint density at radius 1 is 1.05 bits per heavy atom. The van der Waals surface area contributed by atoms with Crippen molar-refractivity contribution in [3.05, 3.63) is 0 Å². The number of rotatable bonds is 4. The average molecular weight is 267 g/mol. The van der Waals surface area contributed by atoms with Gasteiger partial charge in [0.25, 0.3) is 0 Å². The summed E-state index contributed by atoms with van der Waals surface area (Å²) in [7, 11) is 4.51. The van der Waals surface area contributed by atoms with E-state index >= 15 is 0 Å². The molecule has 112 valence electrons. The van der Waals surface area contributed by atoms with Gasteiger partial charge in [0, 0.05) is 38.8 Å². The van der Waals surface area contributed by atoms with Gasteiger partial charge in [0.1, 0.15) is 0 Å². The van der Waals surface area contributed by atoms with E-state index in [9.17, 15) is 0 Å². The minimum absolute atomic E-state index is 0.551. The van der Waals surface area contributed by atoms with E-state index in [2.05, 4.69) is 36.1 Å². The molecule has 1 atom stereocenters. The van der Waals surface area contributed by atoms with E-state index in [-0.39, 0.29) is 0 Å². The van der Waals surface area contributed by atoms with Gasteiger partial charge in [0.2, 0.25) is 0 Å². The number of hydrogen-bond donors (Lipinski definition) is 1. The molecule has 0 aromatic heterocycles. The number of likely N-dealkylation sites (N-methyl/N-ethyl adjacent to an activating group) is 2. The SMILES string of the molecule is CN1CCN(C)[C@H](CNCC2(C)CCCCCC2)C1. The maximum atomic E-state index is 3.78. The van der Waals surface area contributed by atoms with Crippen LogP contribution in [0.3, 0.4) is 0 Å². The van der Waals surface area contributed by atoms with Gasteiger partial charge in [0.05, 0.1) is 0 Å². The number of nitrogens with one attached hydrogen (secondary N) is 1. The van der Waals surface area contributed by atoms with Crippen LogP contribution in [0.15, 0.2) is 0 Å². The first-order valence-corrected chi connectivity index (χ1v) is 8.19. The van der Waals surface area contributed by atoms with Gasteiger partial charge in [0.15, 0.2) is 0 Å². The topological polar surface area (TPSA) is 18.5 Å². The lowest BCUT2D eigenvalue weighted by Crippen LogP contribution is -2.54. The Labute approximate surface area is 119 Å². The van der Waals surface area contributed by atoms with Crippen molar-refractivity contribution in [2.24, 2.45) is 5.41 Å². The standard InChI is InChI=1S/C16H33N3/c1-16(8-6-4-5-7-9-16)14-17-12-15-13-18(2)10-11-19(15)3/h15,17H,4-14H2,1-3H3/t15-/m1/s1. The largest absolute Gasteiger partial charge is 0.315 e. The van der Waals surface area contributed by atoms with Crippen molar-refractivity contribution in [2.75, 3.05) is 46.8 Å². The summed E-state index contributed by atoms with van der Waals surface area (Å²) in [6.45, 7) is 8.48. The lowest BCUT2D eigenvalue weighted by molar-refractivity contribution is 0.110. The molecule has 2 aliphatic rings. The Kier molecular flexibility index (Phi) is 5.67. The molecular weight excluding hydrogens is 234 g/mol. The van der Waals surface area contributed by atoms with Gasteiger partial charge < -0.3 is 10.2 Å². The summed E-state index contributed by atoms with van der Waals surface area (Å²) in [6, 6.07) is 0.688. The van der Waals surface area contributed by atoms with Crippen molar-refractivity contribution in [3.63, 3.8) is 0 Å². The van der Waals surface area contributed by atoms with Gasteiger partial charge in [-0.25, -0.2) is 0 Å². The highest BCUT2D eigenvalue weighted by atomic mass is 15.3. The van der Waals surface area contributed by atoms with Crippen LogP contribution in [0.5, 0.6) is 0 Å². The Morgan fingerprint density at radius 3 is 2.42 bits per heavy atom. The molecule has 0 aromatic carbocycles. The van der Waals surface area contributed by atoms with Gasteiger partial charge in [-0.15, -0.1) is 0 Å². The molecule has 19 heavy (non-hydrogen) atoms. The molecule has 0 spiro atoms. The highest BCUT2D eigenvalue weighted by molar-refractivity contribution is 4.83. The zero-order valence-corrected chi connectivity index (χ0v) is 13.2. The van der Waals surface area contributed by atoms with Gasteiger partial charge in [-0.05, 0) is 32.4 Å². The molecule has 3 heteroatoms. The van der Waals surface area contributed by atoms with Crippen molar-refractivity contribution < 1.29 is 0 Å². The summed E-state index contributed by atoms with van der Waals surface area (Å²) >= 11 is 0. The molecular formula is C16H33N3.